The van der Waals surface area contributed by atoms with Gasteiger partial charge < -0.3 is 9.32 Å². The van der Waals surface area contributed by atoms with Crippen LogP contribution in [0.5, 0.6) is 0 Å². The van der Waals surface area contributed by atoms with Crippen molar-refractivity contribution >= 4 is 35.3 Å². The van der Waals surface area contributed by atoms with Gasteiger partial charge in [-0.2, -0.15) is 0 Å². The number of anilines is 1. The lowest BCUT2D eigenvalue weighted by Crippen LogP contribution is -2.51. The number of nitrogens with one attached hydrogen (secondary N) is 2. The fourth-order valence-electron chi connectivity index (χ4n) is 3.56. The van der Waals surface area contributed by atoms with Crippen LogP contribution in [0.15, 0.2) is 40.3 Å². The van der Waals surface area contributed by atoms with Crippen molar-refractivity contribution in [2.24, 2.45) is 0 Å². The van der Waals surface area contributed by atoms with Gasteiger partial charge in [-0.05, 0) is 49.6 Å². The van der Waals surface area contributed by atoms with Crippen molar-refractivity contribution in [1.82, 2.24) is 10.6 Å². The highest BCUT2D eigenvalue weighted by Gasteiger charge is 2.28. The van der Waals surface area contributed by atoms with Crippen LogP contribution in [0.25, 0.3) is 17.4 Å². The Morgan fingerprint density at radius 1 is 1.00 bits per heavy atom. The van der Waals surface area contributed by atoms with E-state index in [0.717, 1.165) is 32.4 Å². The van der Waals surface area contributed by atoms with E-state index in [4.69, 9.17) is 4.42 Å². The molecule has 154 valence electrons. The largest absolute Gasteiger partial charge is 0.457 e. The summed E-state index contributed by atoms with van der Waals surface area (Å²) in [6, 6.07) is 7.15. The lowest BCUT2D eigenvalue weighted by Gasteiger charge is -2.28. The van der Waals surface area contributed by atoms with Crippen molar-refractivity contribution in [3.05, 3.63) is 51.8 Å². The molecule has 1 aromatic heterocycles. The molecule has 10 nitrogen and oxygen atoms in total. The number of hydrogen-bond donors (Lipinski definition) is 2. The second-order valence-corrected chi connectivity index (χ2v) is 7.01. The van der Waals surface area contributed by atoms with Gasteiger partial charge in [-0.1, -0.05) is 0 Å². The van der Waals surface area contributed by atoms with Crippen LogP contribution in [0.4, 0.5) is 16.2 Å². The number of carbonyl (C=O) groups excluding carboxylic acids is 3. The van der Waals surface area contributed by atoms with Crippen LogP contribution in [0.1, 0.15) is 25.0 Å². The first-order chi connectivity index (χ1) is 14.4. The normalized spacial score (nSPS) is 16.9. The average molecular weight is 410 g/mol. The number of furan rings is 1. The van der Waals surface area contributed by atoms with Gasteiger partial charge in [0.1, 0.15) is 22.8 Å². The third-order valence-electron chi connectivity index (χ3n) is 5.01. The number of amides is 4. The van der Waals surface area contributed by atoms with E-state index in [9.17, 15) is 24.5 Å². The lowest BCUT2D eigenvalue weighted by molar-refractivity contribution is -0.384. The van der Waals surface area contributed by atoms with E-state index in [1.54, 1.807) is 18.2 Å². The molecule has 2 fully saturated rings. The minimum absolute atomic E-state index is 0.00440. The summed E-state index contributed by atoms with van der Waals surface area (Å²) >= 11 is 0. The molecule has 0 radical (unpaired) electrons. The molecule has 2 aliphatic heterocycles. The molecule has 0 aliphatic carbocycles. The van der Waals surface area contributed by atoms with Gasteiger partial charge in [0.25, 0.3) is 17.5 Å². The quantitative estimate of drug-likeness (QED) is 0.342. The molecule has 30 heavy (non-hydrogen) atoms. The molecule has 10 heteroatoms. The summed E-state index contributed by atoms with van der Waals surface area (Å²) in [6.45, 7) is 1.57. The molecule has 1 aromatic carbocycles. The second kappa shape index (κ2) is 7.82. The smallest absolute Gasteiger partial charge is 0.328 e. The summed E-state index contributed by atoms with van der Waals surface area (Å²) in [6.07, 6.45) is 4.33. The predicted octanol–water partition coefficient (Wildman–Crippen LogP) is 2.59. The van der Waals surface area contributed by atoms with Crippen LogP contribution in [-0.4, -0.2) is 35.9 Å². The second-order valence-electron chi connectivity index (χ2n) is 7.01. The SMILES string of the molecule is O=C1NC(=O)C(=Cc2ccc(-c3ccc(N4CCCCC4)c([N+](=O)[O-])c3)o2)C(=O)N1. The molecule has 0 unspecified atom stereocenters. The third kappa shape index (κ3) is 3.79. The van der Waals surface area contributed by atoms with Crippen LogP contribution in [-0.2, 0) is 9.59 Å². The fraction of sp³-hybridized carbons (Fsp3) is 0.250. The molecule has 2 saturated heterocycles. The Kier molecular flexibility index (Phi) is 5.05. The maximum Gasteiger partial charge on any atom is 0.328 e. The molecular formula is C20H18N4O6. The Morgan fingerprint density at radius 2 is 1.70 bits per heavy atom. The average Bonchev–Trinajstić information content (AvgIpc) is 3.19. The molecule has 4 rings (SSSR count). The fourth-order valence-corrected chi connectivity index (χ4v) is 3.56. The number of carbonyl (C=O) groups is 3. The zero-order chi connectivity index (χ0) is 21.3. The van der Waals surface area contributed by atoms with E-state index in [-0.39, 0.29) is 17.0 Å². The van der Waals surface area contributed by atoms with Crippen molar-refractivity contribution in [2.75, 3.05) is 18.0 Å². The summed E-state index contributed by atoms with van der Waals surface area (Å²) in [4.78, 5) is 48.0. The van der Waals surface area contributed by atoms with E-state index in [0.29, 0.717) is 17.0 Å². The van der Waals surface area contributed by atoms with Crippen LogP contribution in [0.3, 0.4) is 0 Å². The summed E-state index contributed by atoms with van der Waals surface area (Å²) in [5.74, 6) is -1.11. The van der Waals surface area contributed by atoms with Crippen LogP contribution < -0.4 is 15.5 Å². The highest BCUT2D eigenvalue weighted by atomic mass is 16.6. The number of nitrogens with zero attached hydrogens (tertiary/aromatic N) is 2. The molecule has 2 aromatic rings. The molecular weight excluding hydrogens is 392 g/mol. The third-order valence-corrected chi connectivity index (χ3v) is 5.01. The molecule has 2 N–H and O–H groups in total. The number of nitro groups is 1. The van der Waals surface area contributed by atoms with E-state index in [1.165, 1.54) is 18.2 Å². The van der Waals surface area contributed by atoms with Gasteiger partial charge in [-0.25, -0.2) is 4.79 Å². The van der Waals surface area contributed by atoms with Crippen LogP contribution >= 0.6 is 0 Å². The van der Waals surface area contributed by atoms with Crippen molar-refractivity contribution in [3.8, 4) is 11.3 Å². The van der Waals surface area contributed by atoms with Gasteiger partial charge in [0.05, 0.1) is 4.92 Å². The topological polar surface area (TPSA) is 135 Å². The number of nitro benzene ring substituents is 1. The molecule has 4 amide bonds. The Morgan fingerprint density at radius 3 is 2.37 bits per heavy atom. The highest BCUT2D eigenvalue weighted by Crippen LogP contribution is 2.35. The number of piperidine rings is 1. The Hall–Kier alpha value is -3.95. The Balaban J connectivity index is 1.63. The Bertz CT molecular complexity index is 1060. The number of benzene rings is 1. The first kappa shape index (κ1) is 19.4. The van der Waals surface area contributed by atoms with Crippen molar-refractivity contribution in [3.63, 3.8) is 0 Å². The van der Waals surface area contributed by atoms with E-state index in [1.807, 2.05) is 15.5 Å². The maximum atomic E-state index is 11.8. The zero-order valence-corrected chi connectivity index (χ0v) is 15.8. The van der Waals surface area contributed by atoms with Gasteiger partial charge in [-0.3, -0.25) is 30.3 Å². The molecule has 0 atom stereocenters. The van der Waals surface area contributed by atoms with Crippen molar-refractivity contribution in [2.45, 2.75) is 19.3 Å². The first-order valence-electron chi connectivity index (χ1n) is 9.44. The lowest BCUT2D eigenvalue weighted by atomic mass is 10.1. The van der Waals surface area contributed by atoms with Gasteiger partial charge in [0.15, 0.2) is 0 Å². The monoisotopic (exact) mass is 410 g/mol. The predicted molar refractivity (Wildman–Crippen MR) is 107 cm³/mol. The molecule has 0 spiro atoms. The van der Waals surface area contributed by atoms with E-state index >= 15 is 0 Å². The van der Waals surface area contributed by atoms with Crippen molar-refractivity contribution in [1.29, 1.82) is 0 Å². The summed E-state index contributed by atoms with van der Waals surface area (Å²) < 4.78 is 5.66. The standard InChI is InChI=1S/C20H18N4O6/c25-18-14(19(26)22-20(27)21-18)11-13-5-7-17(30-13)12-4-6-15(16(10-12)24(28)29)23-8-2-1-3-9-23/h4-7,10-11H,1-3,8-9H2,(H2,21,22,25,26,27). The van der Waals surface area contributed by atoms with Crippen LogP contribution in [0, 0.1) is 10.1 Å². The van der Waals surface area contributed by atoms with E-state index in [2.05, 4.69) is 0 Å². The van der Waals surface area contributed by atoms with Crippen molar-refractivity contribution < 1.29 is 23.7 Å². The molecule has 0 bridgehead atoms. The summed E-state index contributed by atoms with van der Waals surface area (Å²) in [5, 5.41) is 15.6. The molecule has 2 aliphatic rings. The zero-order valence-electron chi connectivity index (χ0n) is 15.8. The molecule has 0 saturated carbocycles. The van der Waals surface area contributed by atoms with Gasteiger partial charge in [-0.15, -0.1) is 0 Å². The maximum absolute atomic E-state index is 11.8. The van der Waals surface area contributed by atoms with Gasteiger partial charge >= 0.3 is 6.03 Å². The number of imide groups is 2. The first-order valence-corrected chi connectivity index (χ1v) is 9.44. The summed E-state index contributed by atoms with van der Waals surface area (Å²) in [5.41, 5.74) is 0.801. The number of urea groups is 1. The minimum atomic E-state index is -0.886. The number of hydrogen-bond acceptors (Lipinski definition) is 7. The Labute approximate surface area is 170 Å². The van der Waals surface area contributed by atoms with E-state index < -0.39 is 22.8 Å². The number of rotatable bonds is 4. The van der Waals surface area contributed by atoms with Gasteiger partial charge in [0, 0.05) is 24.7 Å². The van der Waals surface area contributed by atoms with Crippen LogP contribution in [0.2, 0.25) is 0 Å². The minimum Gasteiger partial charge on any atom is -0.457 e. The number of barbiturate groups is 1. The van der Waals surface area contributed by atoms with Gasteiger partial charge in [0.2, 0.25) is 0 Å². The highest BCUT2D eigenvalue weighted by molar-refractivity contribution is 6.31. The molecule has 3 heterocycles. The summed E-state index contributed by atoms with van der Waals surface area (Å²) in [7, 11) is 0.